The van der Waals surface area contributed by atoms with Crippen LogP contribution in [0.4, 0.5) is 5.69 Å². The number of ether oxygens (including phenoxy) is 1. The van der Waals surface area contributed by atoms with Gasteiger partial charge in [0.25, 0.3) is 5.91 Å². The molecule has 0 bridgehead atoms. The molecule has 0 fully saturated rings. The van der Waals surface area contributed by atoms with Gasteiger partial charge in [-0.05, 0) is 36.8 Å². The molecule has 8 nitrogen and oxygen atoms in total. The van der Waals surface area contributed by atoms with Crippen LogP contribution in [0.1, 0.15) is 27.2 Å². The van der Waals surface area contributed by atoms with Crippen LogP contribution in [0.2, 0.25) is 0 Å². The number of rotatable bonds is 7. The van der Waals surface area contributed by atoms with Crippen LogP contribution in [0, 0.1) is 18.3 Å². The smallest absolute Gasteiger partial charge is 0.343 e. The van der Waals surface area contributed by atoms with Crippen LogP contribution in [0.15, 0.2) is 53.2 Å². The third-order valence-corrected chi connectivity index (χ3v) is 4.85. The summed E-state index contributed by atoms with van der Waals surface area (Å²) in [6.07, 6.45) is 3.41. The maximum atomic E-state index is 12.6. The second-order valence-electron chi connectivity index (χ2n) is 7.30. The molecular weight excluding hydrogens is 396 g/mol. The minimum Gasteiger partial charge on any atom is -0.452 e. The monoisotopic (exact) mass is 420 g/mol. The minimum atomic E-state index is -0.770. The Balaban J connectivity index is 1.64. The van der Waals surface area contributed by atoms with Gasteiger partial charge < -0.3 is 19.0 Å². The predicted octanol–water partition coefficient (Wildman–Crippen LogP) is 3.13. The average molecular weight is 420 g/mol. The van der Waals surface area contributed by atoms with E-state index in [9.17, 15) is 14.9 Å². The van der Waals surface area contributed by atoms with Crippen LogP contribution in [0.3, 0.4) is 0 Å². The van der Waals surface area contributed by atoms with Gasteiger partial charge in [-0.3, -0.25) is 9.36 Å². The summed E-state index contributed by atoms with van der Waals surface area (Å²) in [5, 5.41) is 9.53. The highest BCUT2D eigenvalue weighted by Crippen LogP contribution is 2.26. The Bertz CT molecular complexity index is 1110. The quantitative estimate of drug-likeness (QED) is 0.546. The highest BCUT2D eigenvalue weighted by atomic mass is 16.5. The number of anilines is 1. The maximum Gasteiger partial charge on any atom is 0.343 e. The molecule has 1 amide bonds. The zero-order valence-electron chi connectivity index (χ0n) is 18.0. The lowest BCUT2D eigenvalue weighted by atomic mass is 10.1. The Morgan fingerprint density at radius 1 is 1.13 bits per heavy atom. The first kappa shape index (κ1) is 21.7. The summed E-state index contributed by atoms with van der Waals surface area (Å²) in [7, 11) is 5.56. The van der Waals surface area contributed by atoms with Gasteiger partial charge in [-0.1, -0.05) is 12.1 Å². The Morgan fingerprint density at radius 2 is 1.77 bits per heavy atom. The van der Waals surface area contributed by atoms with Crippen molar-refractivity contribution in [1.82, 2.24) is 9.47 Å². The van der Waals surface area contributed by atoms with E-state index in [1.165, 1.54) is 4.90 Å². The molecular formula is C23H24N4O4. The molecule has 0 atom stereocenters. The van der Waals surface area contributed by atoms with E-state index >= 15 is 0 Å². The Labute approximate surface area is 180 Å². The summed E-state index contributed by atoms with van der Waals surface area (Å²) in [4.78, 5) is 28.5. The van der Waals surface area contributed by atoms with Crippen LogP contribution in [-0.4, -0.2) is 49.1 Å². The second-order valence-corrected chi connectivity index (χ2v) is 7.30. The third-order valence-electron chi connectivity index (χ3n) is 4.85. The van der Waals surface area contributed by atoms with Gasteiger partial charge in [-0.2, -0.15) is 5.26 Å². The lowest BCUT2D eigenvalue weighted by molar-refractivity contribution is -0.133. The van der Waals surface area contributed by atoms with Crippen molar-refractivity contribution in [3.05, 3.63) is 71.2 Å². The summed E-state index contributed by atoms with van der Waals surface area (Å²) in [5.74, 6) is -0.628. The van der Waals surface area contributed by atoms with Gasteiger partial charge in [0.05, 0.1) is 0 Å². The number of hydrogen-bond acceptors (Lipinski definition) is 6. The molecule has 1 aromatic carbocycles. The van der Waals surface area contributed by atoms with E-state index in [1.807, 2.05) is 49.3 Å². The third kappa shape index (κ3) is 4.78. The highest BCUT2D eigenvalue weighted by molar-refractivity contribution is 5.95. The number of benzene rings is 1. The molecule has 31 heavy (non-hydrogen) atoms. The van der Waals surface area contributed by atoms with Crippen molar-refractivity contribution in [3.63, 3.8) is 0 Å². The predicted molar refractivity (Wildman–Crippen MR) is 115 cm³/mol. The number of carbonyl (C=O) groups excluding carboxylic acids is 2. The van der Waals surface area contributed by atoms with Crippen LogP contribution in [0.25, 0.3) is 5.88 Å². The summed E-state index contributed by atoms with van der Waals surface area (Å²) in [6, 6.07) is 13.4. The first-order valence-electron chi connectivity index (χ1n) is 9.66. The zero-order valence-corrected chi connectivity index (χ0v) is 18.0. The molecule has 0 saturated heterocycles. The first-order valence-corrected chi connectivity index (χ1v) is 9.66. The molecule has 0 unspecified atom stereocenters. The van der Waals surface area contributed by atoms with E-state index in [-0.39, 0.29) is 28.7 Å². The molecule has 2 heterocycles. The number of amides is 1. The average Bonchev–Trinajstić information content (AvgIpc) is 3.39. The summed E-state index contributed by atoms with van der Waals surface area (Å²) < 4.78 is 12.4. The highest BCUT2D eigenvalue weighted by Gasteiger charge is 2.26. The topological polar surface area (TPSA) is 91.7 Å². The Morgan fingerprint density at radius 3 is 2.35 bits per heavy atom. The maximum absolute atomic E-state index is 12.6. The Kier molecular flexibility index (Phi) is 6.46. The van der Waals surface area contributed by atoms with Gasteiger partial charge in [-0.15, -0.1) is 0 Å². The number of aromatic nitrogens is 1. The molecule has 0 aliphatic heterocycles. The summed E-state index contributed by atoms with van der Waals surface area (Å²) >= 11 is 0. The second kappa shape index (κ2) is 9.22. The minimum absolute atomic E-state index is 0.0286. The zero-order chi connectivity index (χ0) is 22.5. The number of nitrogens with zero attached hydrogens (tertiary/aromatic N) is 4. The fourth-order valence-electron chi connectivity index (χ4n) is 3.10. The largest absolute Gasteiger partial charge is 0.452 e. The molecule has 0 aliphatic carbocycles. The number of carbonyl (C=O) groups is 2. The van der Waals surface area contributed by atoms with Crippen LogP contribution >= 0.6 is 0 Å². The van der Waals surface area contributed by atoms with Crippen molar-refractivity contribution >= 4 is 17.6 Å². The molecule has 2 aromatic heterocycles. The first-order chi connectivity index (χ1) is 14.8. The normalized spacial score (nSPS) is 10.4. The molecule has 3 aromatic rings. The van der Waals surface area contributed by atoms with E-state index < -0.39 is 12.6 Å². The van der Waals surface area contributed by atoms with E-state index in [0.717, 1.165) is 11.3 Å². The number of aryl methyl sites for hydroxylation is 1. The van der Waals surface area contributed by atoms with E-state index in [4.69, 9.17) is 9.15 Å². The molecule has 0 radical (unpaired) electrons. The van der Waals surface area contributed by atoms with E-state index in [0.29, 0.717) is 6.54 Å². The van der Waals surface area contributed by atoms with Crippen molar-refractivity contribution < 1.29 is 18.7 Å². The van der Waals surface area contributed by atoms with Crippen molar-refractivity contribution in [2.45, 2.75) is 13.5 Å². The molecule has 0 saturated carbocycles. The van der Waals surface area contributed by atoms with Crippen molar-refractivity contribution in [3.8, 4) is 12.0 Å². The number of furan rings is 1. The molecule has 3 rings (SSSR count). The van der Waals surface area contributed by atoms with E-state index in [2.05, 4.69) is 0 Å². The summed E-state index contributed by atoms with van der Waals surface area (Å²) in [6.45, 7) is 1.53. The molecule has 0 aliphatic rings. The number of hydrogen-bond donors (Lipinski definition) is 0. The van der Waals surface area contributed by atoms with Crippen LogP contribution in [0.5, 0.6) is 0 Å². The molecule has 160 valence electrons. The SMILES string of the molecule is Cc1oc(-n2cccc2)c(C#N)c1C(=O)OCC(=O)N(C)Cc1ccc(N(C)C)cc1. The van der Waals surface area contributed by atoms with Crippen LogP contribution in [-0.2, 0) is 16.1 Å². The van der Waals surface area contributed by atoms with Gasteiger partial charge in [0, 0.05) is 45.8 Å². The van der Waals surface area contributed by atoms with Crippen LogP contribution < -0.4 is 4.90 Å². The fourth-order valence-corrected chi connectivity index (χ4v) is 3.10. The lowest BCUT2D eigenvalue weighted by Crippen LogP contribution is -2.31. The van der Waals surface area contributed by atoms with Crippen molar-refractivity contribution in [2.75, 3.05) is 32.6 Å². The lowest BCUT2D eigenvalue weighted by Gasteiger charge is -2.18. The van der Waals surface area contributed by atoms with Crippen molar-refractivity contribution in [1.29, 1.82) is 5.26 Å². The molecule has 0 spiro atoms. The fraction of sp³-hybridized carbons (Fsp3) is 0.261. The van der Waals surface area contributed by atoms with Gasteiger partial charge in [0.1, 0.15) is 23.0 Å². The van der Waals surface area contributed by atoms with E-state index in [1.54, 1.807) is 43.1 Å². The number of likely N-dealkylation sites (N-methyl/N-ethyl adjacent to an activating group) is 1. The summed E-state index contributed by atoms with van der Waals surface area (Å²) in [5.41, 5.74) is 2.12. The number of nitriles is 1. The standard InChI is InChI=1S/C23H24N4O4/c1-16-21(19(13-24)22(31-16)27-11-5-6-12-27)23(29)30-15-20(28)26(4)14-17-7-9-18(10-8-17)25(2)3/h5-12H,14-15H2,1-4H3. The Hall–Kier alpha value is -3.99. The van der Waals surface area contributed by atoms with Crippen molar-refractivity contribution in [2.24, 2.45) is 0 Å². The van der Waals surface area contributed by atoms with Gasteiger partial charge >= 0.3 is 5.97 Å². The van der Waals surface area contributed by atoms with Gasteiger partial charge in [0.15, 0.2) is 6.61 Å². The van der Waals surface area contributed by atoms with Gasteiger partial charge in [0.2, 0.25) is 5.88 Å². The molecule has 0 N–H and O–H groups in total. The number of esters is 1. The van der Waals surface area contributed by atoms with Gasteiger partial charge in [-0.25, -0.2) is 4.79 Å². The molecule has 8 heteroatoms.